The Bertz CT molecular complexity index is 237. The zero-order valence-electron chi connectivity index (χ0n) is 12.2. The van der Waals surface area contributed by atoms with Crippen LogP contribution in [0.15, 0.2) is 0 Å². The van der Waals surface area contributed by atoms with Gasteiger partial charge in [-0.2, -0.15) is 0 Å². The first-order chi connectivity index (χ1) is 8.65. The van der Waals surface area contributed by atoms with Gasteiger partial charge in [-0.15, -0.1) is 0 Å². The number of carbonyl (C=O) groups excluding carboxylic acids is 1. The van der Waals surface area contributed by atoms with Gasteiger partial charge in [-0.05, 0) is 37.6 Å². The third-order valence-electron chi connectivity index (χ3n) is 3.62. The summed E-state index contributed by atoms with van der Waals surface area (Å²) in [5.41, 5.74) is 0. The van der Waals surface area contributed by atoms with Gasteiger partial charge in [0.2, 0.25) is 0 Å². The normalized spacial score (nSPS) is 16.9. The van der Waals surface area contributed by atoms with Gasteiger partial charge in [0.25, 0.3) is 0 Å². The van der Waals surface area contributed by atoms with Crippen molar-refractivity contribution in [1.29, 1.82) is 0 Å². The van der Waals surface area contributed by atoms with E-state index >= 15 is 0 Å². The standard InChI is InChI=1S/C15H29NO2/c1-12(2)8-6-4-5-7-11-16-14(13-9-10-13)15(17)18-3/h12-14,16H,4-11H2,1-3H3. The minimum atomic E-state index is -0.0858. The fourth-order valence-electron chi connectivity index (χ4n) is 2.29. The van der Waals surface area contributed by atoms with E-state index in [1.807, 2.05) is 0 Å². The lowest BCUT2D eigenvalue weighted by atomic mass is 10.0. The summed E-state index contributed by atoms with van der Waals surface area (Å²) in [5, 5.41) is 3.36. The Morgan fingerprint density at radius 2 is 1.89 bits per heavy atom. The number of nitrogens with one attached hydrogen (secondary N) is 1. The van der Waals surface area contributed by atoms with E-state index < -0.39 is 0 Å². The molecule has 3 nitrogen and oxygen atoms in total. The molecular weight excluding hydrogens is 226 g/mol. The molecule has 106 valence electrons. The van der Waals surface area contributed by atoms with Crippen LogP contribution in [0, 0.1) is 11.8 Å². The Labute approximate surface area is 112 Å². The van der Waals surface area contributed by atoms with Crippen LogP contribution in [0.1, 0.15) is 58.8 Å². The van der Waals surface area contributed by atoms with Crippen molar-refractivity contribution in [3.05, 3.63) is 0 Å². The molecule has 1 fully saturated rings. The molecule has 0 aromatic carbocycles. The average Bonchev–Trinajstić information content (AvgIpc) is 3.15. The predicted octanol–water partition coefficient (Wildman–Crippen LogP) is 3.13. The highest BCUT2D eigenvalue weighted by Gasteiger charge is 2.36. The number of carbonyl (C=O) groups is 1. The molecule has 0 bridgehead atoms. The summed E-state index contributed by atoms with van der Waals surface area (Å²) >= 11 is 0. The second kappa shape index (κ2) is 8.52. The molecular formula is C15H29NO2. The van der Waals surface area contributed by atoms with Crippen molar-refractivity contribution < 1.29 is 9.53 Å². The van der Waals surface area contributed by atoms with E-state index in [-0.39, 0.29) is 12.0 Å². The average molecular weight is 255 g/mol. The number of methoxy groups -OCH3 is 1. The van der Waals surface area contributed by atoms with Crippen molar-refractivity contribution in [3.63, 3.8) is 0 Å². The Balaban J connectivity index is 2.00. The molecule has 1 rings (SSSR count). The zero-order valence-corrected chi connectivity index (χ0v) is 12.2. The maximum absolute atomic E-state index is 11.5. The van der Waals surface area contributed by atoms with E-state index in [4.69, 9.17) is 4.74 Å². The number of ether oxygens (including phenoxy) is 1. The molecule has 1 unspecified atom stereocenters. The van der Waals surface area contributed by atoms with Crippen LogP contribution in [0.25, 0.3) is 0 Å². The summed E-state index contributed by atoms with van der Waals surface area (Å²) in [4.78, 5) is 11.5. The van der Waals surface area contributed by atoms with Gasteiger partial charge in [0.1, 0.15) is 6.04 Å². The molecule has 0 saturated heterocycles. The van der Waals surface area contributed by atoms with Gasteiger partial charge in [-0.3, -0.25) is 4.79 Å². The Morgan fingerprint density at radius 1 is 1.22 bits per heavy atom. The van der Waals surface area contributed by atoms with Crippen LogP contribution in [0.5, 0.6) is 0 Å². The molecule has 0 aromatic heterocycles. The van der Waals surface area contributed by atoms with Gasteiger partial charge >= 0.3 is 5.97 Å². The lowest BCUT2D eigenvalue weighted by Crippen LogP contribution is -2.39. The van der Waals surface area contributed by atoms with Crippen molar-refractivity contribution in [3.8, 4) is 0 Å². The molecule has 3 heteroatoms. The highest BCUT2D eigenvalue weighted by Crippen LogP contribution is 2.33. The largest absolute Gasteiger partial charge is 0.468 e. The second-order valence-corrected chi connectivity index (χ2v) is 5.89. The van der Waals surface area contributed by atoms with Gasteiger partial charge in [-0.25, -0.2) is 0 Å². The second-order valence-electron chi connectivity index (χ2n) is 5.89. The number of unbranched alkanes of at least 4 members (excludes halogenated alkanes) is 3. The van der Waals surface area contributed by atoms with Crippen LogP contribution >= 0.6 is 0 Å². The molecule has 0 aliphatic heterocycles. The molecule has 18 heavy (non-hydrogen) atoms. The summed E-state index contributed by atoms with van der Waals surface area (Å²) in [5.74, 6) is 1.26. The van der Waals surface area contributed by atoms with E-state index in [9.17, 15) is 4.79 Å². The smallest absolute Gasteiger partial charge is 0.323 e. The molecule has 0 amide bonds. The first kappa shape index (κ1) is 15.5. The Kier molecular flexibility index (Phi) is 7.33. The molecule has 0 heterocycles. The van der Waals surface area contributed by atoms with Crippen LogP contribution in [0.3, 0.4) is 0 Å². The highest BCUT2D eigenvalue weighted by atomic mass is 16.5. The maximum Gasteiger partial charge on any atom is 0.323 e. The van der Waals surface area contributed by atoms with Gasteiger partial charge in [-0.1, -0.05) is 39.5 Å². The fraction of sp³-hybridized carbons (Fsp3) is 0.933. The SMILES string of the molecule is COC(=O)C(NCCCCCCC(C)C)C1CC1. The summed E-state index contributed by atoms with van der Waals surface area (Å²) < 4.78 is 4.83. The van der Waals surface area contributed by atoms with Gasteiger partial charge in [0.15, 0.2) is 0 Å². The first-order valence-corrected chi connectivity index (χ1v) is 7.46. The van der Waals surface area contributed by atoms with Crippen LogP contribution < -0.4 is 5.32 Å². The fourth-order valence-corrected chi connectivity index (χ4v) is 2.29. The third-order valence-corrected chi connectivity index (χ3v) is 3.62. The third kappa shape index (κ3) is 6.39. The number of esters is 1. The van der Waals surface area contributed by atoms with E-state index in [2.05, 4.69) is 19.2 Å². The van der Waals surface area contributed by atoms with Crippen molar-refractivity contribution in [1.82, 2.24) is 5.32 Å². The predicted molar refractivity (Wildman–Crippen MR) is 74.5 cm³/mol. The van der Waals surface area contributed by atoms with E-state index in [1.54, 1.807) is 0 Å². The first-order valence-electron chi connectivity index (χ1n) is 7.46. The van der Waals surface area contributed by atoms with Gasteiger partial charge in [0.05, 0.1) is 7.11 Å². The van der Waals surface area contributed by atoms with Crippen molar-refractivity contribution in [2.45, 2.75) is 64.8 Å². The molecule has 0 radical (unpaired) electrons. The Hall–Kier alpha value is -0.570. The molecule has 0 aromatic rings. The molecule has 1 atom stereocenters. The summed E-state index contributed by atoms with van der Waals surface area (Å²) in [6.45, 7) is 5.49. The topological polar surface area (TPSA) is 38.3 Å². The minimum absolute atomic E-state index is 0.0503. The van der Waals surface area contributed by atoms with Crippen LogP contribution in [-0.4, -0.2) is 25.7 Å². The molecule has 1 aliphatic carbocycles. The van der Waals surface area contributed by atoms with E-state index in [0.29, 0.717) is 5.92 Å². The molecule has 1 saturated carbocycles. The highest BCUT2D eigenvalue weighted by molar-refractivity contribution is 5.76. The lowest BCUT2D eigenvalue weighted by molar-refractivity contribution is -0.143. The van der Waals surface area contributed by atoms with Crippen LogP contribution in [0.2, 0.25) is 0 Å². The summed E-state index contributed by atoms with van der Waals surface area (Å²) in [7, 11) is 1.48. The maximum atomic E-state index is 11.5. The summed E-state index contributed by atoms with van der Waals surface area (Å²) in [6, 6.07) is -0.0503. The monoisotopic (exact) mass is 255 g/mol. The van der Waals surface area contributed by atoms with Crippen molar-refractivity contribution >= 4 is 5.97 Å². The summed E-state index contributed by atoms with van der Waals surface area (Å²) in [6.07, 6.45) is 8.74. The van der Waals surface area contributed by atoms with E-state index in [1.165, 1.54) is 45.6 Å². The van der Waals surface area contributed by atoms with Gasteiger partial charge in [0, 0.05) is 0 Å². The van der Waals surface area contributed by atoms with Crippen LogP contribution in [0.4, 0.5) is 0 Å². The zero-order chi connectivity index (χ0) is 13.4. The molecule has 0 spiro atoms. The van der Waals surface area contributed by atoms with Crippen molar-refractivity contribution in [2.75, 3.05) is 13.7 Å². The van der Waals surface area contributed by atoms with Crippen molar-refractivity contribution in [2.24, 2.45) is 11.8 Å². The minimum Gasteiger partial charge on any atom is -0.468 e. The number of hydrogen-bond donors (Lipinski definition) is 1. The van der Waals surface area contributed by atoms with Crippen LogP contribution in [-0.2, 0) is 9.53 Å². The number of hydrogen-bond acceptors (Lipinski definition) is 3. The number of rotatable bonds is 10. The Morgan fingerprint density at radius 3 is 2.44 bits per heavy atom. The lowest BCUT2D eigenvalue weighted by Gasteiger charge is -2.15. The van der Waals surface area contributed by atoms with Gasteiger partial charge < -0.3 is 10.1 Å². The molecule has 1 N–H and O–H groups in total. The molecule has 1 aliphatic rings. The quantitative estimate of drug-likeness (QED) is 0.481. The van der Waals surface area contributed by atoms with E-state index in [0.717, 1.165) is 18.9 Å².